The molecule has 0 aliphatic heterocycles. The second-order valence-electron chi connectivity index (χ2n) is 3.64. The molecule has 92 valence electrons. The van der Waals surface area contributed by atoms with Crippen LogP contribution in [-0.4, -0.2) is 17.6 Å². The van der Waals surface area contributed by atoms with E-state index in [4.69, 9.17) is 4.42 Å². The number of hydrogen-bond acceptors (Lipinski definition) is 3. The van der Waals surface area contributed by atoms with Crippen LogP contribution in [0.4, 0.5) is 0 Å². The number of aliphatic hydroxyl groups is 1. The third-order valence-corrected chi connectivity index (χ3v) is 2.12. The summed E-state index contributed by atoms with van der Waals surface area (Å²) >= 11 is 0. The fourth-order valence-corrected chi connectivity index (χ4v) is 1.28. The molecule has 4 nitrogen and oxygen atoms in total. The minimum absolute atomic E-state index is 0.156. The van der Waals surface area contributed by atoms with Gasteiger partial charge < -0.3 is 14.8 Å². The molecule has 1 heterocycles. The summed E-state index contributed by atoms with van der Waals surface area (Å²) in [4.78, 5) is 10.7. The van der Waals surface area contributed by atoms with E-state index in [9.17, 15) is 9.90 Å². The summed E-state index contributed by atoms with van der Waals surface area (Å²) < 4.78 is 5.42. The van der Waals surface area contributed by atoms with E-state index in [1.165, 1.54) is 6.92 Å². The van der Waals surface area contributed by atoms with Gasteiger partial charge in [-0.15, -0.1) is 5.92 Å². The first-order valence-corrected chi connectivity index (χ1v) is 5.60. The van der Waals surface area contributed by atoms with Crippen molar-refractivity contribution in [2.75, 3.05) is 6.54 Å². The number of nitrogens with one attached hydrogen (secondary N) is 1. The zero-order valence-electron chi connectivity index (χ0n) is 10.1. The van der Waals surface area contributed by atoms with E-state index in [1.54, 1.807) is 12.1 Å². The highest BCUT2D eigenvalue weighted by molar-refractivity contribution is 5.72. The number of hydrogen-bond donors (Lipinski definition) is 2. The molecule has 0 radical (unpaired) electrons. The molecule has 0 aromatic carbocycles. The number of aliphatic hydroxyl groups excluding tert-OH is 1. The molecular formula is C13H17NO3. The van der Waals surface area contributed by atoms with Crippen molar-refractivity contribution in [1.82, 2.24) is 5.32 Å². The first kappa shape index (κ1) is 13.3. The van der Waals surface area contributed by atoms with Crippen LogP contribution >= 0.6 is 0 Å². The average Bonchev–Trinajstić information content (AvgIpc) is 2.75. The fourth-order valence-electron chi connectivity index (χ4n) is 1.28. The molecule has 0 aliphatic carbocycles. The Bertz CT molecular complexity index is 425. The SMILES string of the molecule is CCC#CCc1ccc([C@@H](O)CNC(C)=O)o1. The zero-order chi connectivity index (χ0) is 12.7. The first-order valence-electron chi connectivity index (χ1n) is 5.60. The van der Waals surface area contributed by atoms with E-state index in [0.717, 1.165) is 12.2 Å². The van der Waals surface area contributed by atoms with Gasteiger partial charge in [-0.05, 0) is 12.1 Å². The molecule has 0 saturated heterocycles. The molecule has 1 rings (SSSR count). The summed E-state index contributed by atoms with van der Waals surface area (Å²) in [6.45, 7) is 3.54. The lowest BCUT2D eigenvalue weighted by molar-refractivity contribution is -0.119. The van der Waals surface area contributed by atoms with Crippen LogP contribution in [0.5, 0.6) is 0 Å². The minimum atomic E-state index is -0.813. The summed E-state index contributed by atoms with van der Waals surface area (Å²) in [6, 6.07) is 3.49. The number of amides is 1. The summed E-state index contributed by atoms with van der Waals surface area (Å²) in [5, 5.41) is 12.2. The van der Waals surface area contributed by atoms with Gasteiger partial charge >= 0.3 is 0 Å². The van der Waals surface area contributed by atoms with Gasteiger partial charge in [0, 0.05) is 13.3 Å². The van der Waals surface area contributed by atoms with E-state index in [1.807, 2.05) is 6.92 Å². The maximum Gasteiger partial charge on any atom is 0.216 e. The standard InChI is InChI=1S/C13H17NO3/c1-3-4-5-6-11-7-8-13(17-11)12(16)9-14-10(2)15/h7-8,12,16H,3,6,9H2,1-2H3,(H,14,15)/t12-/m0/s1. The monoisotopic (exact) mass is 235 g/mol. The molecule has 0 bridgehead atoms. The van der Waals surface area contributed by atoms with Crippen molar-refractivity contribution in [3.63, 3.8) is 0 Å². The Morgan fingerprint density at radius 2 is 2.29 bits per heavy atom. The van der Waals surface area contributed by atoms with Gasteiger partial charge in [-0.3, -0.25) is 4.79 Å². The molecule has 1 aromatic rings. The fraction of sp³-hybridized carbons (Fsp3) is 0.462. The molecular weight excluding hydrogens is 218 g/mol. The van der Waals surface area contributed by atoms with Crippen molar-refractivity contribution in [1.29, 1.82) is 0 Å². The predicted octanol–water partition coefficient (Wildman–Crippen LogP) is 1.40. The predicted molar refractivity (Wildman–Crippen MR) is 64.1 cm³/mol. The molecule has 0 spiro atoms. The van der Waals surface area contributed by atoms with Gasteiger partial charge in [-0.25, -0.2) is 0 Å². The Morgan fingerprint density at radius 1 is 1.53 bits per heavy atom. The summed E-state index contributed by atoms with van der Waals surface area (Å²) in [7, 11) is 0. The van der Waals surface area contributed by atoms with Gasteiger partial charge in [0.25, 0.3) is 0 Å². The zero-order valence-corrected chi connectivity index (χ0v) is 10.1. The quantitative estimate of drug-likeness (QED) is 0.775. The van der Waals surface area contributed by atoms with Crippen LogP contribution in [0, 0.1) is 11.8 Å². The van der Waals surface area contributed by atoms with Crippen LogP contribution in [0.25, 0.3) is 0 Å². The highest BCUT2D eigenvalue weighted by Crippen LogP contribution is 2.16. The van der Waals surface area contributed by atoms with Crippen molar-refractivity contribution in [3.05, 3.63) is 23.7 Å². The highest BCUT2D eigenvalue weighted by atomic mass is 16.4. The van der Waals surface area contributed by atoms with Crippen LogP contribution in [0.1, 0.15) is 37.9 Å². The third kappa shape index (κ3) is 4.75. The Morgan fingerprint density at radius 3 is 2.94 bits per heavy atom. The van der Waals surface area contributed by atoms with Crippen LogP contribution in [0.2, 0.25) is 0 Å². The Balaban J connectivity index is 2.51. The van der Waals surface area contributed by atoms with Crippen LogP contribution in [-0.2, 0) is 11.2 Å². The lowest BCUT2D eigenvalue weighted by atomic mass is 10.2. The van der Waals surface area contributed by atoms with Crippen molar-refractivity contribution in [3.8, 4) is 11.8 Å². The summed E-state index contributed by atoms with van der Waals surface area (Å²) in [6.07, 6.45) is 0.547. The van der Waals surface area contributed by atoms with Crippen molar-refractivity contribution in [2.24, 2.45) is 0 Å². The van der Waals surface area contributed by atoms with Gasteiger partial charge in [0.05, 0.1) is 13.0 Å². The van der Waals surface area contributed by atoms with E-state index in [-0.39, 0.29) is 12.5 Å². The lowest BCUT2D eigenvalue weighted by Crippen LogP contribution is -2.25. The molecule has 1 aromatic heterocycles. The third-order valence-electron chi connectivity index (χ3n) is 2.12. The van der Waals surface area contributed by atoms with E-state index < -0.39 is 6.10 Å². The minimum Gasteiger partial charge on any atom is -0.462 e. The molecule has 1 amide bonds. The normalized spacial score (nSPS) is 11.5. The van der Waals surface area contributed by atoms with Crippen LogP contribution < -0.4 is 5.32 Å². The smallest absolute Gasteiger partial charge is 0.216 e. The first-order chi connectivity index (χ1) is 8.13. The van der Waals surface area contributed by atoms with Crippen LogP contribution in [0.15, 0.2) is 16.5 Å². The van der Waals surface area contributed by atoms with Crippen molar-refractivity contribution < 1.29 is 14.3 Å². The number of carbonyl (C=O) groups is 1. The maximum absolute atomic E-state index is 10.7. The van der Waals surface area contributed by atoms with Gasteiger partial charge in [0.15, 0.2) is 0 Å². The Labute approximate surface area is 101 Å². The second-order valence-corrected chi connectivity index (χ2v) is 3.64. The Hall–Kier alpha value is -1.73. The Kier molecular flexibility index (Phi) is 5.31. The van der Waals surface area contributed by atoms with Gasteiger partial charge in [-0.2, -0.15) is 0 Å². The van der Waals surface area contributed by atoms with E-state index in [0.29, 0.717) is 12.2 Å². The van der Waals surface area contributed by atoms with Crippen LogP contribution in [0.3, 0.4) is 0 Å². The maximum atomic E-state index is 10.7. The molecule has 0 saturated carbocycles. The molecule has 17 heavy (non-hydrogen) atoms. The van der Waals surface area contributed by atoms with Gasteiger partial charge in [-0.1, -0.05) is 12.8 Å². The average molecular weight is 235 g/mol. The number of carbonyl (C=O) groups excluding carboxylic acids is 1. The van der Waals surface area contributed by atoms with Crippen molar-refractivity contribution >= 4 is 5.91 Å². The molecule has 0 aliphatic rings. The number of rotatable bonds is 4. The molecule has 2 N–H and O–H groups in total. The van der Waals surface area contributed by atoms with Gasteiger partial charge in [0.2, 0.25) is 5.91 Å². The topological polar surface area (TPSA) is 62.5 Å². The van der Waals surface area contributed by atoms with E-state index >= 15 is 0 Å². The van der Waals surface area contributed by atoms with Gasteiger partial charge in [0.1, 0.15) is 17.6 Å². The summed E-state index contributed by atoms with van der Waals surface area (Å²) in [5.41, 5.74) is 0. The molecule has 0 fully saturated rings. The second kappa shape index (κ2) is 6.77. The molecule has 0 unspecified atom stereocenters. The van der Waals surface area contributed by atoms with E-state index in [2.05, 4.69) is 17.2 Å². The largest absolute Gasteiger partial charge is 0.462 e. The molecule has 4 heteroatoms. The van der Waals surface area contributed by atoms with Crippen molar-refractivity contribution in [2.45, 2.75) is 32.8 Å². The number of furan rings is 1. The molecule has 1 atom stereocenters. The highest BCUT2D eigenvalue weighted by Gasteiger charge is 2.12. The lowest BCUT2D eigenvalue weighted by Gasteiger charge is -2.07. The summed E-state index contributed by atoms with van der Waals surface area (Å²) in [5.74, 6) is 6.90.